The third kappa shape index (κ3) is 1.18. The van der Waals surface area contributed by atoms with E-state index >= 15 is 0 Å². The lowest BCUT2D eigenvalue weighted by molar-refractivity contribution is 0.273. The molecule has 0 radical (unpaired) electrons. The zero-order chi connectivity index (χ0) is 9.42. The molecule has 0 aliphatic carbocycles. The summed E-state index contributed by atoms with van der Waals surface area (Å²) in [6, 6.07) is 3.20. The normalized spacial score (nSPS) is 10.9. The van der Waals surface area contributed by atoms with Crippen LogP contribution in [0.2, 0.25) is 0 Å². The molecule has 0 spiro atoms. The minimum Gasteiger partial charge on any atom is -0.505 e. The van der Waals surface area contributed by atoms with Gasteiger partial charge in [-0.2, -0.15) is 0 Å². The first-order valence-electron chi connectivity index (χ1n) is 3.72. The third-order valence-electron chi connectivity index (χ3n) is 1.92. The number of rotatable bonds is 1. The highest BCUT2D eigenvalue weighted by molar-refractivity contribution is 7.17. The van der Waals surface area contributed by atoms with Crippen molar-refractivity contribution in [2.24, 2.45) is 0 Å². The van der Waals surface area contributed by atoms with E-state index in [4.69, 9.17) is 5.11 Å². The Bertz CT molecular complexity index is 450. The minimum atomic E-state index is -0.650. The summed E-state index contributed by atoms with van der Waals surface area (Å²) in [5.41, 5.74) is 0.229. The topological polar surface area (TPSA) is 40.5 Å². The van der Waals surface area contributed by atoms with Crippen molar-refractivity contribution in [1.29, 1.82) is 0 Å². The Morgan fingerprint density at radius 2 is 2.23 bits per heavy atom. The van der Waals surface area contributed by atoms with Crippen molar-refractivity contribution in [1.82, 2.24) is 0 Å². The van der Waals surface area contributed by atoms with Gasteiger partial charge in [-0.1, -0.05) is 0 Å². The Labute approximate surface area is 77.9 Å². The highest BCUT2D eigenvalue weighted by atomic mass is 32.1. The summed E-state index contributed by atoms with van der Waals surface area (Å²) < 4.78 is 14.1. The van der Waals surface area contributed by atoms with Crippen molar-refractivity contribution in [3.63, 3.8) is 0 Å². The van der Waals surface area contributed by atoms with Gasteiger partial charge < -0.3 is 10.2 Å². The Morgan fingerprint density at radius 1 is 1.46 bits per heavy atom. The van der Waals surface area contributed by atoms with Crippen LogP contribution in [-0.2, 0) is 6.61 Å². The summed E-state index contributed by atoms with van der Waals surface area (Å²) in [6.07, 6.45) is 0. The Balaban J connectivity index is 2.83. The Kier molecular flexibility index (Phi) is 1.94. The minimum absolute atomic E-state index is 0.229. The van der Waals surface area contributed by atoms with Crippen LogP contribution in [0.3, 0.4) is 0 Å². The first-order chi connectivity index (χ1) is 6.24. The summed E-state index contributed by atoms with van der Waals surface area (Å²) in [4.78, 5) is 0. The molecule has 0 bridgehead atoms. The molecule has 1 aromatic carbocycles. The van der Waals surface area contributed by atoms with Crippen LogP contribution in [0.15, 0.2) is 17.5 Å². The number of halogens is 1. The van der Waals surface area contributed by atoms with Gasteiger partial charge in [-0.05, 0) is 17.5 Å². The number of aliphatic hydroxyl groups is 1. The predicted molar refractivity (Wildman–Crippen MR) is 49.4 cm³/mol. The van der Waals surface area contributed by atoms with Gasteiger partial charge in [0.25, 0.3) is 0 Å². The fraction of sp³-hybridized carbons (Fsp3) is 0.111. The first kappa shape index (κ1) is 8.47. The average molecular weight is 198 g/mol. The zero-order valence-corrected chi connectivity index (χ0v) is 7.44. The largest absolute Gasteiger partial charge is 0.505 e. The highest BCUT2D eigenvalue weighted by Gasteiger charge is 2.12. The average Bonchev–Trinajstić information content (AvgIpc) is 2.59. The summed E-state index contributed by atoms with van der Waals surface area (Å²) in [6.45, 7) is -0.351. The molecular weight excluding hydrogens is 191 g/mol. The molecular formula is C9H7FO2S. The van der Waals surface area contributed by atoms with E-state index in [1.54, 1.807) is 17.5 Å². The zero-order valence-electron chi connectivity index (χ0n) is 6.62. The Hall–Kier alpha value is -1.13. The van der Waals surface area contributed by atoms with Gasteiger partial charge in [-0.15, -0.1) is 11.3 Å². The quantitative estimate of drug-likeness (QED) is 0.737. The standard InChI is InChI=1S/C9H7FO2S/c10-8-6-1-2-13-7(6)3-5(4-11)9(8)12/h1-3,11-12H,4H2. The number of hydrogen-bond donors (Lipinski definition) is 2. The number of aromatic hydroxyl groups is 1. The molecule has 0 saturated heterocycles. The van der Waals surface area contributed by atoms with Gasteiger partial charge in [0.1, 0.15) is 0 Å². The van der Waals surface area contributed by atoms with Crippen molar-refractivity contribution in [2.45, 2.75) is 6.61 Å². The number of fused-ring (bicyclic) bond motifs is 1. The third-order valence-corrected chi connectivity index (χ3v) is 2.78. The molecule has 0 saturated carbocycles. The van der Waals surface area contributed by atoms with Crippen molar-refractivity contribution in [3.8, 4) is 5.75 Å². The summed E-state index contributed by atoms with van der Waals surface area (Å²) >= 11 is 1.38. The maximum absolute atomic E-state index is 13.3. The monoisotopic (exact) mass is 198 g/mol. The van der Waals surface area contributed by atoms with Gasteiger partial charge in [0.15, 0.2) is 11.6 Å². The lowest BCUT2D eigenvalue weighted by Gasteiger charge is -2.02. The fourth-order valence-corrected chi connectivity index (χ4v) is 2.08. The van der Waals surface area contributed by atoms with E-state index in [1.165, 1.54) is 11.3 Å². The van der Waals surface area contributed by atoms with Gasteiger partial charge in [0.2, 0.25) is 0 Å². The van der Waals surface area contributed by atoms with Crippen LogP contribution < -0.4 is 0 Å². The number of aliphatic hydroxyl groups excluding tert-OH is 1. The molecule has 2 N–H and O–H groups in total. The van der Waals surface area contributed by atoms with Crippen LogP contribution in [0, 0.1) is 5.82 Å². The predicted octanol–water partition coefficient (Wildman–Crippen LogP) is 2.24. The molecule has 68 valence electrons. The molecule has 0 atom stereocenters. The van der Waals surface area contributed by atoms with Gasteiger partial charge in [0.05, 0.1) is 6.61 Å². The van der Waals surface area contributed by atoms with E-state index in [-0.39, 0.29) is 12.2 Å². The van der Waals surface area contributed by atoms with E-state index in [1.807, 2.05) is 0 Å². The molecule has 0 aliphatic rings. The number of benzene rings is 1. The molecule has 13 heavy (non-hydrogen) atoms. The molecule has 1 heterocycles. The van der Waals surface area contributed by atoms with Crippen molar-refractivity contribution in [3.05, 3.63) is 28.9 Å². The van der Waals surface area contributed by atoms with Crippen LogP contribution in [0.5, 0.6) is 5.75 Å². The molecule has 2 rings (SSSR count). The maximum Gasteiger partial charge on any atom is 0.173 e. The molecule has 0 fully saturated rings. The maximum atomic E-state index is 13.3. The first-order valence-corrected chi connectivity index (χ1v) is 4.60. The fourth-order valence-electron chi connectivity index (χ4n) is 1.23. The second-order valence-corrected chi connectivity index (χ2v) is 3.64. The van der Waals surface area contributed by atoms with Crippen molar-refractivity contribution < 1.29 is 14.6 Å². The van der Waals surface area contributed by atoms with Crippen molar-refractivity contribution in [2.75, 3.05) is 0 Å². The molecule has 0 amide bonds. The van der Waals surface area contributed by atoms with Gasteiger partial charge in [-0.3, -0.25) is 0 Å². The Morgan fingerprint density at radius 3 is 2.92 bits per heavy atom. The van der Waals surface area contributed by atoms with Crippen LogP contribution in [-0.4, -0.2) is 10.2 Å². The molecule has 1 aromatic heterocycles. The van der Waals surface area contributed by atoms with E-state index in [9.17, 15) is 9.50 Å². The van der Waals surface area contributed by atoms with Crippen LogP contribution in [0.4, 0.5) is 4.39 Å². The lowest BCUT2D eigenvalue weighted by Crippen LogP contribution is -1.87. The summed E-state index contributed by atoms with van der Waals surface area (Å²) in [5, 5.41) is 20.2. The van der Waals surface area contributed by atoms with Crippen LogP contribution >= 0.6 is 11.3 Å². The van der Waals surface area contributed by atoms with E-state index in [2.05, 4.69) is 0 Å². The smallest absolute Gasteiger partial charge is 0.173 e. The number of phenols is 1. The van der Waals surface area contributed by atoms with E-state index in [0.717, 1.165) is 4.70 Å². The number of thiophene rings is 1. The van der Waals surface area contributed by atoms with Crippen LogP contribution in [0.25, 0.3) is 10.1 Å². The molecule has 0 unspecified atom stereocenters. The van der Waals surface area contributed by atoms with Crippen molar-refractivity contribution >= 4 is 21.4 Å². The SMILES string of the molecule is OCc1cc2sccc2c(F)c1O. The van der Waals surface area contributed by atoms with E-state index < -0.39 is 11.6 Å². The van der Waals surface area contributed by atoms with Gasteiger partial charge in [-0.25, -0.2) is 4.39 Å². The van der Waals surface area contributed by atoms with Gasteiger partial charge >= 0.3 is 0 Å². The highest BCUT2D eigenvalue weighted by Crippen LogP contribution is 2.32. The molecule has 2 nitrogen and oxygen atoms in total. The number of hydrogen-bond acceptors (Lipinski definition) is 3. The second-order valence-electron chi connectivity index (χ2n) is 2.69. The second kappa shape index (κ2) is 2.97. The molecule has 4 heteroatoms. The van der Waals surface area contributed by atoms with Gasteiger partial charge in [0, 0.05) is 15.6 Å². The summed E-state index contributed by atoms with van der Waals surface area (Å²) in [7, 11) is 0. The summed E-state index contributed by atoms with van der Waals surface area (Å²) in [5.74, 6) is -1.10. The lowest BCUT2D eigenvalue weighted by atomic mass is 10.1. The van der Waals surface area contributed by atoms with Crippen LogP contribution in [0.1, 0.15) is 5.56 Å². The molecule has 0 aliphatic heterocycles. The molecule has 2 aromatic rings. The van der Waals surface area contributed by atoms with E-state index in [0.29, 0.717) is 5.39 Å².